The summed E-state index contributed by atoms with van der Waals surface area (Å²) in [5.74, 6) is 3.04. The number of aryl methyl sites for hydroxylation is 1. The molecule has 0 aromatic carbocycles. The van der Waals surface area contributed by atoms with Gasteiger partial charge in [0, 0.05) is 39.2 Å². The number of rotatable bonds is 4. The van der Waals surface area contributed by atoms with Gasteiger partial charge in [-0.2, -0.15) is 0 Å². The molecular formula is C19H33IN6O2. The van der Waals surface area contributed by atoms with Crippen molar-refractivity contribution in [1.29, 1.82) is 0 Å². The molecule has 0 amide bonds. The van der Waals surface area contributed by atoms with Crippen LogP contribution < -0.4 is 5.32 Å². The predicted octanol–water partition coefficient (Wildman–Crippen LogP) is 1.97. The quantitative estimate of drug-likeness (QED) is 0.384. The highest BCUT2D eigenvalue weighted by atomic mass is 127. The molecule has 9 heteroatoms. The Hall–Kier alpha value is -0.940. The van der Waals surface area contributed by atoms with E-state index in [0.717, 1.165) is 76.3 Å². The number of ether oxygens (including phenoxy) is 2. The molecule has 0 bridgehead atoms. The van der Waals surface area contributed by atoms with E-state index in [1.807, 2.05) is 0 Å². The molecule has 0 radical (unpaired) electrons. The number of nitrogens with one attached hydrogen (secondary N) is 1. The summed E-state index contributed by atoms with van der Waals surface area (Å²) in [4.78, 5) is 7.20. The highest BCUT2D eigenvalue weighted by Gasteiger charge is 2.32. The lowest BCUT2D eigenvalue weighted by molar-refractivity contribution is -0.0817. The van der Waals surface area contributed by atoms with Crippen LogP contribution in [0.5, 0.6) is 0 Å². The Bertz CT molecular complexity index is 646. The molecule has 4 heterocycles. The summed E-state index contributed by atoms with van der Waals surface area (Å²) in [7, 11) is 0. The van der Waals surface area contributed by atoms with Crippen molar-refractivity contribution in [3.05, 3.63) is 11.6 Å². The van der Waals surface area contributed by atoms with Crippen molar-refractivity contribution in [3.63, 3.8) is 0 Å². The van der Waals surface area contributed by atoms with Crippen molar-refractivity contribution in [2.45, 2.75) is 70.7 Å². The van der Waals surface area contributed by atoms with Crippen LogP contribution in [-0.4, -0.2) is 70.7 Å². The maximum Gasteiger partial charge on any atom is 0.194 e. The Morgan fingerprint density at radius 2 is 2.00 bits per heavy atom. The first-order valence-electron chi connectivity index (χ1n) is 10.5. The number of aromatic nitrogens is 3. The number of hydrogen-bond acceptors (Lipinski definition) is 5. The third-order valence-electron chi connectivity index (χ3n) is 5.66. The van der Waals surface area contributed by atoms with Gasteiger partial charge in [-0.3, -0.25) is 0 Å². The van der Waals surface area contributed by atoms with E-state index >= 15 is 0 Å². The molecule has 2 saturated heterocycles. The van der Waals surface area contributed by atoms with Crippen LogP contribution in [0.1, 0.15) is 50.7 Å². The van der Waals surface area contributed by atoms with Crippen molar-refractivity contribution in [3.8, 4) is 0 Å². The first-order valence-corrected chi connectivity index (χ1v) is 10.5. The molecule has 158 valence electrons. The topological polar surface area (TPSA) is 76.8 Å². The Morgan fingerprint density at radius 1 is 1.11 bits per heavy atom. The van der Waals surface area contributed by atoms with Crippen molar-refractivity contribution in [2.24, 2.45) is 4.99 Å². The lowest BCUT2D eigenvalue weighted by atomic mass is 10.1. The summed E-state index contributed by atoms with van der Waals surface area (Å²) in [6.07, 6.45) is 7.31. The molecule has 1 aromatic heterocycles. The number of guanidine groups is 1. The summed E-state index contributed by atoms with van der Waals surface area (Å²) in [6.45, 7) is 7.79. The fourth-order valence-electron chi connectivity index (χ4n) is 4.22. The highest BCUT2D eigenvalue weighted by Crippen LogP contribution is 2.21. The van der Waals surface area contributed by atoms with E-state index in [9.17, 15) is 0 Å². The van der Waals surface area contributed by atoms with E-state index in [2.05, 4.69) is 31.9 Å². The van der Waals surface area contributed by atoms with Crippen LogP contribution in [0, 0.1) is 0 Å². The van der Waals surface area contributed by atoms with Crippen LogP contribution in [0.2, 0.25) is 0 Å². The van der Waals surface area contributed by atoms with Crippen LogP contribution >= 0.6 is 24.0 Å². The first kappa shape index (κ1) is 21.8. The van der Waals surface area contributed by atoms with E-state index in [1.165, 1.54) is 19.3 Å². The first-order chi connectivity index (χ1) is 13.3. The largest absolute Gasteiger partial charge is 0.375 e. The number of fused-ring (bicyclic) bond motifs is 1. The molecule has 2 unspecified atom stereocenters. The minimum atomic E-state index is 0. The van der Waals surface area contributed by atoms with Crippen LogP contribution in [0.4, 0.5) is 0 Å². The van der Waals surface area contributed by atoms with Crippen molar-refractivity contribution in [2.75, 3.05) is 32.8 Å². The van der Waals surface area contributed by atoms with Crippen molar-refractivity contribution < 1.29 is 9.47 Å². The van der Waals surface area contributed by atoms with Gasteiger partial charge in [0.25, 0.3) is 0 Å². The lowest BCUT2D eigenvalue weighted by Gasteiger charge is -2.37. The van der Waals surface area contributed by atoms with Gasteiger partial charge in [0.2, 0.25) is 0 Å². The minimum Gasteiger partial charge on any atom is -0.375 e. The molecule has 4 rings (SSSR count). The average molecular weight is 504 g/mol. The second-order valence-corrected chi connectivity index (χ2v) is 7.57. The summed E-state index contributed by atoms with van der Waals surface area (Å²) in [5.41, 5.74) is 0. The van der Waals surface area contributed by atoms with Crippen LogP contribution in [-0.2, 0) is 29.0 Å². The smallest absolute Gasteiger partial charge is 0.194 e. The highest BCUT2D eigenvalue weighted by molar-refractivity contribution is 14.0. The maximum atomic E-state index is 5.98. The molecule has 3 aliphatic rings. The normalized spacial score (nSPS) is 25.8. The fourth-order valence-corrected chi connectivity index (χ4v) is 4.22. The maximum absolute atomic E-state index is 5.98. The molecule has 2 atom stereocenters. The van der Waals surface area contributed by atoms with Crippen LogP contribution in [0.3, 0.4) is 0 Å². The van der Waals surface area contributed by atoms with Gasteiger partial charge < -0.3 is 24.3 Å². The molecule has 0 spiro atoms. The molecule has 2 fully saturated rings. The third-order valence-corrected chi connectivity index (χ3v) is 5.66. The Labute approximate surface area is 184 Å². The average Bonchev–Trinajstić information content (AvgIpc) is 3.31. The van der Waals surface area contributed by atoms with E-state index in [0.29, 0.717) is 6.54 Å². The summed E-state index contributed by atoms with van der Waals surface area (Å²) >= 11 is 0. The summed E-state index contributed by atoms with van der Waals surface area (Å²) < 4.78 is 14.1. The molecule has 8 nitrogen and oxygen atoms in total. The number of morpholine rings is 1. The van der Waals surface area contributed by atoms with E-state index in [1.54, 1.807) is 0 Å². The van der Waals surface area contributed by atoms with Crippen LogP contribution in [0.15, 0.2) is 4.99 Å². The summed E-state index contributed by atoms with van der Waals surface area (Å²) in [6, 6.07) is 0. The Kier molecular flexibility index (Phi) is 8.34. The van der Waals surface area contributed by atoms with E-state index < -0.39 is 0 Å². The van der Waals surface area contributed by atoms with Crippen LogP contribution in [0.25, 0.3) is 0 Å². The zero-order valence-electron chi connectivity index (χ0n) is 16.8. The van der Waals surface area contributed by atoms with Gasteiger partial charge in [0.1, 0.15) is 18.5 Å². The second-order valence-electron chi connectivity index (χ2n) is 7.57. The van der Waals surface area contributed by atoms with Gasteiger partial charge in [-0.15, -0.1) is 34.2 Å². The molecule has 1 aromatic rings. The van der Waals surface area contributed by atoms with Gasteiger partial charge in [0.05, 0.1) is 12.7 Å². The number of nitrogens with zero attached hydrogens (tertiary/aromatic N) is 5. The standard InChI is InChI=1S/C19H32N6O2.HI/c1-2-20-19(24-10-12-27-16(14-24)15-7-6-11-26-15)21-13-18-23-22-17-8-4-3-5-9-25(17)18;/h15-16H,2-14H2,1H3,(H,20,21);1H. The number of aliphatic imine (C=N–C) groups is 1. The molecule has 3 aliphatic heterocycles. The predicted molar refractivity (Wildman–Crippen MR) is 118 cm³/mol. The van der Waals surface area contributed by atoms with Gasteiger partial charge in [0.15, 0.2) is 11.8 Å². The lowest BCUT2D eigenvalue weighted by Crippen LogP contribution is -2.53. The molecule has 0 saturated carbocycles. The minimum absolute atomic E-state index is 0. The molecular weight excluding hydrogens is 471 g/mol. The fraction of sp³-hybridized carbons (Fsp3) is 0.842. The summed E-state index contributed by atoms with van der Waals surface area (Å²) in [5, 5.41) is 12.2. The monoisotopic (exact) mass is 504 g/mol. The second kappa shape index (κ2) is 10.7. The Morgan fingerprint density at radius 3 is 2.82 bits per heavy atom. The third kappa shape index (κ3) is 5.15. The van der Waals surface area contributed by atoms with E-state index in [-0.39, 0.29) is 36.2 Å². The molecule has 28 heavy (non-hydrogen) atoms. The van der Waals surface area contributed by atoms with E-state index in [4.69, 9.17) is 14.5 Å². The molecule has 0 aliphatic carbocycles. The zero-order chi connectivity index (χ0) is 18.5. The van der Waals surface area contributed by atoms with Crippen molar-refractivity contribution in [1.82, 2.24) is 25.0 Å². The van der Waals surface area contributed by atoms with Gasteiger partial charge in [-0.1, -0.05) is 6.42 Å². The Balaban J connectivity index is 0.00000225. The van der Waals surface area contributed by atoms with Crippen molar-refractivity contribution >= 4 is 29.9 Å². The number of halogens is 1. The zero-order valence-corrected chi connectivity index (χ0v) is 19.1. The van der Waals surface area contributed by atoms with Gasteiger partial charge >= 0.3 is 0 Å². The number of hydrogen-bond donors (Lipinski definition) is 1. The molecule has 1 N–H and O–H groups in total. The van der Waals surface area contributed by atoms with Gasteiger partial charge in [-0.05, 0) is 32.6 Å². The van der Waals surface area contributed by atoms with Gasteiger partial charge in [-0.25, -0.2) is 4.99 Å². The SMILES string of the molecule is CCNC(=NCc1nnc2n1CCCCC2)N1CCOC(C2CCCO2)C1.I.